The number of fused-ring (bicyclic) bond motifs is 1. The third-order valence-corrected chi connectivity index (χ3v) is 3.60. The van der Waals surface area contributed by atoms with Gasteiger partial charge in [-0.2, -0.15) is 0 Å². The smallest absolute Gasteiger partial charge is 0.330 e. The molecule has 0 atom stereocenters. The average molecular weight is 375 g/mol. The summed E-state index contributed by atoms with van der Waals surface area (Å²) in [4.78, 5) is 18.9. The molecule has 136 valence electrons. The third kappa shape index (κ3) is 4.55. The molecule has 1 aromatic heterocycles. The van der Waals surface area contributed by atoms with E-state index >= 15 is 0 Å². The highest BCUT2D eigenvalue weighted by Gasteiger charge is 2.08. The topological polar surface area (TPSA) is 73.4 Å². The number of rotatable bonds is 6. The Bertz CT molecular complexity index is 888. The number of aromatic amines is 1. The lowest BCUT2D eigenvalue weighted by molar-refractivity contribution is -0.134. The Hall–Kier alpha value is -2.99. The minimum atomic E-state index is -0.416. The number of benzene rings is 2. The van der Waals surface area contributed by atoms with Gasteiger partial charge in [0.25, 0.3) is 0 Å². The highest BCUT2D eigenvalue weighted by molar-refractivity contribution is 5.87. The molecule has 6 nitrogen and oxygen atoms in total. The number of H-pyrrole nitrogens is 1. The molecule has 1 N–H and O–H groups in total. The summed E-state index contributed by atoms with van der Waals surface area (Å²) in [7, 11) is 2.91. The SMILES string of the molecule is COC(=O)/C=C/c1ccc(OC)c(OCc2nc3ccccc3[nH]2)c1.Cl. The molecule has 0 aliphatic carbocycles. The summed E-state index contributed by atoms with van der Waals surface area (Å²) in [6.45, 7) is 0.273. The van der Waals surface area contributed by atoms with E-state index in [2.05, 4.69) is 14.7 Å². The summed E-state index contributed by atoms with van der Waals surface area (Å²) in [5.41, 5.74) is 2.65. The number of halogens is 1. The maximum atomic E-state index is 11.2. The van der Waals surface area contributed by atoms with E-state index < -0.39 is 5.97 Å². The van der Waals surface area contributed by atoms with Gasteiger partial charge in [0, 0.05) is 6.08 Å². The number of hydrogen-bond acceptors (Lipinski definition) is 5. The molecule has 0 spiro atoms. The first-order valence-electron chi connectivity index (χ1n) is 7.70. The van der Waals surface area contributed by atoms with E-state index in [-0.39, 0.29) is 19.0 Å². The Morgan fingerprint density at radius 2 is 1.96 bits per heavy atom. The second-order valence-electron chi connectivity index (χ2n) is 5.26. The number of carbonyl (C=O) groups is 1. The van der Waals surface area contributed by atoms with Crippen LogP contribution in [0.3, 0.4) is 0 Å². The number of ether oxygens (including phenoxy) is 3. The van der Waals surface area contributed by atoms with E-state index in [4.69, 9.17) is 9.47 Å². The average Bonchev–Trinajstić information content (AvgIpc) is 3.07. The number of methoxy groups -OCH3 is 2. The van der Waals surface area contributed by atoms with Crippen LogP contribution in [0.2, 0.25) is 0 Å². The van der Waals surface area contributed by atoms with E-state index in [1.54, 1.807) is 25.3 Å². The van der Waals surface area contributed by atoms with Gasteiger partial charge >= 0.3 is 5.97 Å². The molecular formula is C19H19ClN2O4. The molecule has 7 heteroatoms. The lowest BCUT2D eigenvalue weighted by Crippen LogP contribution is -2.00. The Balaban J connectivity index is 0.00000243. The molecule has 0 bridgehead atoms. The van der Waals surface area contributed by atoms with Gasteiger partial charge < -0.3 is 19.2 Å². The maximum absolute atomic E-state index is 11.2. The lowest BCUT2D eigenvalue weighted by Gasteiger charge is -2.10. The molecule has 0 saturated carbocycles. The predicted octanol–water partition coefficient (Wildman–Crippen LogP) is 3.76. The molecule has 0 aliphatic heterocycles. The molecular weight excluding hydrogens is 356 g/mol. The van der Waals surface area contributed by atoms with Crippen LogP contribution < -0.4 is 9.47 Å². The van der Waals surface area contributed by atoms with Crippen molar-refractivity contribution in [2.75, 3.05) is 14.2 Å². The van der Waals surface area contributed by atoms with Crippen molar-refractivity contribution in [3.8, 4) is 11.5 Å². The predicted molar refractivity (Wildman–Crippen MR) is 102 cm³/mol. The van der Waals surface area contributed by atoms with Crippen molar-refractivity contribution in [2.24, 2.45) is 0 Å². The van der Waals surface area contributed by atoms with Crippen molar-refractivity contribution in [3.63, 3.8) is 0 Å². The molecule has 0 aliphatic rings. The lowest BCUT2D eigenvalue weighted by atomic mass is 10.2. The second-order valence-corrected chi connectivity index (χ2v) is 5.26. The second kappa shape index (κ2) is 8.92. The summed E-state index contributed by atoms with van der Waals surface area (Å²) in [5, 5.41) is 0. The first-order valence-corrected chi connectivity index (χ1v) is 7.70. The summed E-state index contributed by atoms with van der Waals surface area (Å²) < 4.78 is 15.8. The van der Waals surface area contributed by atoms with Crippen molar-refractivity contribution < 1.29 is 19.0 Å². The quantitative estimate of drug-likeness (QED) is 0.525. The van der Waals surface area contributed by atoms with E-state index in [0.717, 1.165) is 22.4 Å². The molecule has 0 fully saturated rings. The number of imidazole rings is 1. The van der Waals surface area contributed by atoms with Gasteiger partial charge in [0.1, 0.15) is 12.4 Å². The number of nitrogens with one attached hydrogen (secondary N) is 1. The zero-order valence-electron chi connectivity index (χ0n) is 14.4. The molecule has 3 rings (SSSR count). The van der Waals surface area contributed by atoms with Crippen molar-refractivity contribution in [2.45, 2.75) is 6.61 Å². The molecule has 3 aromatic rings. The van der Waals surface area contributed by atoms with Gasteiger partial charge in [-0.3, -0.25) is 0 Å². The zero-order chi connectivity index (χ0) is 17.6. The van der Waals surface area contributed by atoms with Gasteiger partial charge in [-0.05, 0) is 35.9 Å². The fourth-order valence-corrected chi connectivity index (χ4v) is 2.36. The van der Waals surface area contributed by atoms with Crippen LogP contribution in [-0.2, 0) is 16.1 Å². The first-order chi connectivity index (χ1) is 12.2. The Kier molecular flexibility index (Phi) is 6.63. The number of aromatic nitrogens is 2. The van der Waals surface area contributed by atoms with E-state index in [0.29, 0.717) is 11.5 Å². The van der Waals surface area contributed by atoms with Crippen molar-refractivity contribution in [3.05, 3.63) is 59.9 Å². The molecule has 0 radical (unpaired) electrons. The zero-order valence-corrected chi connectivity index (χ0v) is 15.2. The summed E-state index contributed by atoms with van der Waals surface area (Å²) in [6, 6.07) is 13.2. The fraction of sp³-hybridized carbons (Fsp3) is 0.158. The highest BCUT2D eigenvalue weighted by atomic mass is 35.5. The number of nitrogens with zero attached hydrogens (tertiary/aromatic N) is 1. The van der Waals surface area contributed by atoms with Crippen molar-refractivity contribution in [1.29, 1.82) is 0 Å². The van der Waals surface area contributed by atoms with Crippen LogP contribution >= 0.6 is 12.4 Å². The Morgan fingerprint density at radius 1 is 1.15 bits per heavy atom. The minimum absolute atomic E-state index is 0. The molecule has 1 heterocycles. The minimum Gasteiger partial charge on any atom is -0.493 e. The first kappa shape index (κ1) is 19.3. The number of hydrogen-bond donors (Lipinski definition) is 1. The maximum Gasteiger partial charge on any atom is 0.330 e. The van der Waals surface area contributed by atoms with Crippen molar-refractivity contribution >= 4 is 35.5 Å². The van der Waals surface area contributed by atoms with E-state index in [1.807, 2.05) is 30.3 Å². The van der Waals surface area contributed by atoms with Crippen LogP contribution in [0.4, 0.5) is 0 Å². The molecule has 26 heavy (non-hydrogen) atoms. The van der Waals surface area contributed by atoms with E-state index in [1.165, 1.54) is 13.2 Å². The van der Waals surface area contributed by atoms with Crippen LogP contribution in [0.25, 0.3) is 17.1 Å². The number of carbonyl (C=O) groups excluding carboxylic acids is 1. The highest BCUT2D eigenvalue weighted by Crippen LogP contribution is 2.29. The summed E-state index contributed by atoms with van der Waals surface area (Å²) in [5.74, 6) is 1.47. The normalized spacial score (nSPS) is 10.5. The van der Waals surface area contributed by atoms with Gasteiger partial charge in [-0.1, -0.05) is 18.2 Å². The van der Waals surface area contributed by atoms with Crippen LogP contribution in [-0.4, -0.2) is 30.2 Å². The number of para-hydroxylation sites is 2. The Labute approximate surface area is 157 Å². The Morgan fingerprint density at radius 3 is 2.69 bits per heavy atom. The molecule has 0 saturated heterocycles. The summed E-state index contributed by atoms with van der Waals surface area (Å²) >= 11 is 0. The van der Waals surface area contributed by atoms with Crippen molar-refractivity contribution in [1.82, 2.24) is 9.97 Å². The van der Waals surface area contributed by atoms with Crippen LogP contribution in [0.15, 0.2) is 48.5 Å². The fourth-order valence-electron chi connectivity index (χ4n) is 2.36. The van der Waals surface area contributed by atoms with E-state index in [9.17, 15) is 4.79 Å². The molecule has 0 unspecified atom stereocenters. The largest absolute Gasteiger partial charge is 0.493 e. The number of esters is 1. The molecule has 0 amide bonds. The monoisotopic (exact) mass is 374 g/mol. The third-order valence-electron chi connectivity index (χ3n) is 3.60. The van der Waals surface area contributed by atoms with Gasteiger partial charge in [0.2, 0.25) is 0 Å². The van der Waals surface area contributed by atoms with Gasteiger partial charge in [0.05, 0.1) is 25.3 Å². The van der Waals surface area contributed by atoms with Crippen LogP contribution in [0, 0.1) is 0 Å². The molecule has 2 aromatic carbocycles. The van der Waals surface area contributed by atoms with Crippen LogP contribution in [0.5, 0.6) is 11.5 Å². The van der Waals surface area contributed by atoms with Gasteiger partial charge in [0.15, 0.2) is 11.5 Å². The standard InChI is InChI=1S/C19H18N2O4.ClH/c1-23-16-9-7-13(8-10-19(22)24-2)11-17(16)25-12-18-20-14-5-3-4-6-15(14)21-18;/h3-11H,12H2,1-2H3,(H,20,21);1H/b10-8+;. The van der Waals surface area contributed by atoms with Gasteiger partial charge in [-0.15, -0.1) is 12.4 Å². The van der Waals surface area contributed by atoms with Crippen LogP contribution in [0.1, 0.15) is 11.4 Å². The summed E-state index contributed by atoms with van der Waals surface area (Å²) in [6.07, 6.45) is 3.00. The van der Waals surface area contributed by atoms with Gasteiger partial charge in [-0.25, -0.2) is 9.78 Å².